The van der Waals surface area contributed by atoms with Crippen LogP contribution in [0, 0.1) is 11.3 Å². The molecule has 0 aliphatic carbocycles. The fourth-order valence-corrected chi connectivity index (χ4v) is 1.83. The van der Waals surface area contributed by atoms with E-state index in [1.807, 2.05) is 19.9 Å². The number of nitrogens with one attached hydrogen (secondary N) is 1. The van der Waals surface area contributed by atoms with E-state index in [-0.39, 0.29) is 6.79 Å². The number of benzene rings is 1. The summed E-state index contributed by atoms with van der Waals surface area (Å²) < 4.78 is 16.4. The lowest BCUT2D eigenvalue weighted by molar-refractivity contribution is 0.173. The van der Waals surface area contributed by atoms with Gasteiger partial charge in [-0.05, 0) is 19.0 Å². The molecule has 1 aliphatic heterocycles. The van der Waals surface area contributed by atoms with E-state index in [0.717, 1.165) is 17.9 Å². The number of hydrogen-bond donors (Lipinski definition) is 1. The maximum atomic E-state index is 9.00. The topological polar surface area (TPSA) is 63.5 Å². The standard InChI is InChI=1S/C14H18N2O3/c1-3-11(7-15)19-12-6-14-13(17-9-18-14)5-10(12)8-16-4-2/h5-6,11,16H,3-4,8-9H2,1-2H3. The quantitative estimate of drug-likeness (QED) is 0.851. The van der Waals surface area contributed by atoms with Crippen molar-refractivity contribution in [2.45, 2.75) is 32.9 Å². The van der Waals surface area contributed by atoms with Gasteiger partial charge in [0.05, 0.1) is 0 Å². The van der Waals surface area contributed by atoms with Crippen LogP contribution < -0.4 is 19.5 Å². The minimum Gasteiger partial charge on any atom is -0.475 e. The van der Waals surface area contributed by atoms with Crippen molar-refractivity contribution in [3.8, 4) is 23.3 Å². The molecule has 0 fully saturated rings. The van der Waals surface area contributed by atoms with Crippen molar-refractivity contribution in [1.82, 2.24) is 5.32 Å². The summed E-state index contributed by atoms with van der Waals surface area (Å²) >= 11 is 0. The Hall–Kier alpha value is -1.93. The van der Waals surface area contributed by atoms with Gasteiger partial charge in [0.1, 0.15) is 11.8 Å². The molecule has 5 heteroatoms. The lowest BCUT2D eigenvalue weighted by atomic mass is 10.1. The second-order valence-electron chi connectivity index (χ2n) is 4.24. The summed E-state index contributed by atoms with van der Waals surface area (Å²) in [4.78, 5) is 0. The largest absolute Gasteiger partial charge is 0.475 e. The highest BCUT2D eigenvalue weighted by atomic mass is 16.7. The highest BCUT2D eigenvalue weighted by Gasteiger charge is 2.19. The van der Waals surface area contributed by atoms with E-state index in [1.165, 1.54) is 0 Å². The van der Waals surface area contributed by atoms with Crippen LogP contribution >= 0.6 is 0 Å². The van der Waals surface area contributed by atoms with Crippen molar-refractivity contribution in [1.29, 1.82) is 5.26 Å². The molecule has 0 saturated heterocycles. The number of rotatable bonds is 6. The van der Waals surface area contributed by atoms with Crippen molar-refractivity contribution in [3.63, 3.8) is 0 Å². The number of nitriles is 1. The first kappa shape index (κ1) is 13.5. The van der Waals surface area contributed by atoms with E-state index >= 15 is 0 Å². The first-order chi connectivity index (χ1) is 9.28. The van der Waals surface area contributed by atoms with Gasteiger partial charge in [0, 0.05) is 18.2 Å². The van der Waals surface area contributed by atoms with E-state index in [4.69, 9.17) is 19.5 Å². The zero-order valence-corrected chi connectivity index (χ0v) is 11.2. The third kappa shape index (κ3) is 3.09. The molecule has 2 rings (SSSR count). The molecule has 1 aromatic rings. The average Bonchev–Trinajstić information content (AvgIpc) is 2.88. The van der Waals surface area contributed by atoms with Gasteiger partial charge in [-0.3, -0.25) is 0 Å². The monoisotopic (exact) mass is 262 g/mol. The fourth-order valence-electron chi connectivity index (χ4n) is 1.83. The van der Waals surface area contributed by atoms with Crippen molar-refractivity contribution in [2.24, 2.45) is 0 Å². The van der Waals surface area contributed by atoms with Crippen LogP contribution in [0.3, 0.4) is 0 Å². The molecule has 0 amide bonds. The molecule has 102 valence electrons. The molecule has 1 unspecified atom stereocenters. The van der Waals surface area contributed by atoms with Gasteiger partial charge in [-0.1, -0.05) is 13.8 Å². The first-order valence-corrected chi connectivity index (χ1v) is 6.48. The average molecular weight is 262 g/mol. The number of hydrogen-bond acceptors (Lipinski definition) is 5. The molecule has 1 heterocycles. The van der Waals surface area contributed by atoms with Gasteiger partial charge in [-0.25, -0.2) is 0 Å². The predicted molar refractivity (Wildman–Crippen MR) is 70.3 cm³/mol. The third-order valence-corrected chi connectivity index (χ3v) is 2.91. The Morgan fingerprint density at radius 2 is 2.11 bits per heavy atom. The first-order valence-electron chi connectivity index (χ1n) is 6.48. The van der Waals surface area contributed by atoms with Gasteiger partial charge in [0.2, 0.25) is 6.79 Å². The smallest absolute Gasteiger partial charge is 0.231 e. The Morgan fingerprint density at radius 1 is 1.37 bits per heavy atom. The zero-order chi connectivity index (χ0) is 13.7. The second-order valence-corrected chi connectivity index (χ2v) is 4.24. The van der Waals surface area contributed by atoms with Crippen LogP contribution in [0.15, 0.2) is 12.1 Å². The van der Waals surface area contributed by atoms with Crippen molar-refractivity contribution >= 4 is 0 Å². The van der Waals surface area contributed by atoms with Crippen molar-refractivity contribution in [3.05, 3.63) is 17.7 Å². The van der Waals surface area contributed by atoms with Gasteiger partial charge in [-0.2, -0.15) is 5.26 Å². The van der Waals surface area contributed by atoms with E-state index in [2.05, 4.69) is 11.4 Å². The van der Waals surface area contributed by atoms with Gasteiger partial charge >= 0.3 is 0 Å². The molecule has 0 bridgehead atoms. The molecule has 1 N–H and O–H groups in total. The summed E-state index contributed by atoms with van der Waals surface area (Å²) in [5, 5.41) is 12.2. The Labute approximate surface area is 113 Å². The lowest BCUT2D eigenvalue weighted by Crippen LogP contribution is -2.16. The molecular formula is C14H18N2O3. The molecule has 5 nitrogen and oxygen atoms in total. The Bertz CT molecular complexity index is 482. The number of fused-ring (bicyclic) bond motifs is 1. The highest BCUT2D eigenvalue weighted by Crippen LogP contribution is 2.38. The fraction of sp³-hybridized carbons (Fsp3) is 0.500. The summed E-state index contributed by atoms with van der Waals surface area (Å²) in [6, 6.07) is 5.84. The SMILES string of the molecule is CCNCc1cc2c(cc1OC(C#N)CC)OCO2. The number of ether oxygens (including phenoxy) is 3. The molecule has 1 aliphatic rings. The Morgan fingerprint density at radius 3 is 2.74 bits per heavy atom. The third-order valence-electron chi connectivity index (χ3n) is 2.91. The molecule has 19 heavy (non-hydrogen) atoms. The summed E-state index contributed by atoms with van der Waals surface area (Å²) in [6.45, 7) is 5.73. The van der Waals surface area contributed by atoms with Gasteiger partial charge < -0.3 is 19.5 Å². The van der Waals surface area contributed by atoms with Gasteiger partial charge in [-0.15, -0.1) is 0 Å². The summed E-state index contributed by atoms with van der Waals surface area (Å²) in [5.41, 5.74) is 0.972. The zero-order valence-electron chi connectivity index (χ0n) is 11.2. The molecule has 0 aromatic heterocycles. The van der Waals surface area contributed by atoms with E-state index in [0.29, 0.717) is 24.5 Å². The molecule has 0 radical (unpaired) electrons. The summed E-state index contributed by atoms with van der Waals surface area (Å²) in [7, 11) is 0. The molecule has 0 saturated carbocycles. The van der Waals surface area contributed by atoms with Crippen LogP contribution in [0.4, 0.5) is 0 Å². The minimum absolute atomic E-state index is 0.231. The lowest BCUT2D eigenvalue weighted by Gasteiger charge is -2.15. The predicted octanol–water partition coefficient (Wildman–Crippen LogP) is 2.21. The van der Waals surface area contributed by atoms with E-state index < -0.39 is 6.10 Å². The molecule has 1 aromatic carbocycles. The van der Waals surface area contributed by atoms with Crippen LogP contribution in [0.25, 0.3) is 0 Å². The Balaban J connectivity index is 2.25. The van der Waals surface area contributed by atoms with Crippen molar-refractivity contribution < 1.29 is 14.2 Å². The summed E-state index contributed by atoms with van der Waals surface area (Å²) in [6.07, 6.45) is 0.201. The van der Waals surface area contributed by atoms with Crippen LogP contribution in [-0.2, 0) is 6.54 Å². The molecule has 1 atom stereocenters. The van der Waals surface area contributed by atoms with Crippen LogP contribution in [0.5, 0.6) is 17.2 Å². The molecule has 0 spiro atoms. The maximum Gasteiger partial charge on any atom is 0.231 e. The van der Waals surface area contributed by atoms with Crippen LogP contribution in [-0.4, -0.2) is 19.4 Å². The van der Waals surface area contributed by atoms with Crippen LogP contribution in [0.2, 0.25) is 0 Å². The summed E-state index contributed by atoms with van der Waals surface area (Å²) in [5.74, 6) is 2.08. The molecular weight excluding hydrogens is 244 g/mol. The highest BCUT2D eigenvalue weighted by molar-refractivity contribution is 5.52. The minimum atomic E-state index is -0.444. The maximum absolute atomic E-state index is 9.00. The van der Waals surface area contributed by atoms with Gasteiger partial charge in [0.15, 0.2) is 17.6 Å². The Kier molecular flexibility index (Phi) is 4.48. The van der Waals surface area contributed by atoms with E-state index in [1.54, 1.807) is 6.07 Å². The normalized spacial score (nSPS) is 13.9. The number of nitrogens with zero attached hydrogens (tertiary/aromatic N) is 1. The van der Waals surface area contributed by atoms with Crippen LogP contribution in [0.1, 0.15) is 25.8 Å². The van der Waals surface area contributed by atoms with Gasteiger partial charge in [0.25, 0.3) is 0 Å². The van der Waals surface area contributed by atoms with E-state index in [9.17, 15) is 0 Å². The second kappa shape index (κ2) is 6.30. The van der Waals surface area contributed by atoms with Crippen molar-refractivity contribution in [2.75, 3.05) is 13.3 Å².